The molecule has 10 heteroatoms. The van der Waals surface area contributed by atoms with Gasteiger partial charge < -0.3 is 14.8 Å². The zero-order chi connectivity index (χ0) is 22.8. The number of ether oxygens (including phenoxy) is 2. The lowest BCUT2D eigenvalue weighted by Gasteiger charge is -2.38. The van der Waals surface area contributed by atoms with Gasteiger partial charge in [0, 0.05) is 12.8 Å². The molecule has 0 spiro atoms. The molecule has 1 aromatic carbocycles. The molecule has 1 aliphatic heterocycles. The summed E-state index contributed by atoms with van der Waals surface area (Å²) >= 11 is 0. The molecule has 1 aliphatic carbocycles. The number of allylic oxidation sites excluding steroid dienone is 1. The number of rotatable bonds is 7. The first-order valence-corrected chi connectivity index (χ1v) is 10.3. The number of aliphatic imine (C=N–C) groups is 1. The minimum atomic E-state index is -4.77. The molecular formula is C22H23F3N4O3. The highest BCUT2D eigenvalue weighted by Gasteiger charge is 2.38. The monoisotopic (exact) mass is 448 g/mol. The van der Waals surface area contributed by atoms with Gasteiger partial charge in [-0.05, 0) is 54.9 Å². The van der Waals surface area contributed by atoms with Crippen molar-refractivity contribution in [3.63, 3.8) is 0 Å². The Balaban J connectivity index is 1.54. The number of amides is 1. The fraction of sp³-hybridized carbons (Fsp3) is 0.409. The molecule has 1 unspecified atom stereocenters. The number of hydrogen-bond acceptors (Lipinski definition) is 5. The molecule has 0 radical (unpaired) electrons. The Morgan fingerprint density at radius 1 is 1.34 bits per heavy atom. The van der Waals surface area contributed by atoms with Crippen LogP contribution in [0.5, 0.6) is 5.75 Å². The molecule has 2 heterocycles. The van der Waals surface area contributed by atoms with Gasteiger partial charge in [0.2, 0.25) is 0 Å². The number of aromatic amines is 1. The lowest BCUT2D eigenvalue weighted by atomic mass is 9.84. The highest BCUT2D eigenvalue weighted by Crippen LogP contribution is 2.35. The molecule has 170 valence electrons. The van der Waals surface area contributed by atoms with Crippen LogP contribution in [0.15, 0.2) is 47.6 Å². The van der Waals surface area contributed by atoms with Crippen LogP contribution in [0.4, 0.5) is 19.0 Å². The van der Waals surface area contributed by atoms with Gasteiger partial charge in [-0.25, -0.2) is 4.99 Å². The van der Waals surface area contributed by atoms with Gasteiger partial charge in [-0.15, -0.1) is 13.2 Å². The molecule has 1 saturated carbocycles. The summed E-state index contributed by atoms with van der Waals surface area (Å²) < 4.78 is 47.0. The number of carbonyl (C=O) groups is 1. The first kappa shape index (κ1) is 22.1. The average molecular weight is 448 g/mol. The lowest BCUT2D eigenvalue weighted by Crippen LogP contribution is -2.51. The second-order valence-electron chi connectivity index (χ2n) is 8.00. The number of alkyl halides is 3. The minimum Gasteiger partial charge on any atom is -0.406 e. The van der Waals surface area contributed by atoms with Crippen LogP contribution in [-0.2, 0) is 10.3 Å². The Morgan fingerprint density at radius 3 is 2.72 bits per heavy atom. The summed E-state index contributed by atoms with van der Waals surface area (Å²) in [5.41, 5.74) is 0.883. The molecule has 1 saturated heterocycles. The smallest absolute Gasteiger partial charge is 0.406 e. The summed E-state index contributed by atoms with van der Waals surface area (Å²) in [6.45, 7) is 4.71. The largest absolute Gasteiger partial charge is 0.573 e. The summed E-state index contributed by atoms with van der Waals surface area (Å²) in [7, 11) is 0. The van der Waals surface area contributed by atoms with Crippen molar-refractivity contribution in [2.75, 3.05) is 13.2 Å². The molecule has 7 nitrogen and oxygen atoms in total. The quantitative estimate of drug-likeness (QED) is 0.614. The number of aromatic nitrogens is 2. The fourth-order valence-electron chi connectivity index (χ4n) is 3.70. The highest BCUT2D eigenvalue weighted by molar-refractivity contribution is 5.99. The molecule has 2 aliphatic rings. The number of nitrogens with zero attached hydrogens (tertiary/aromatic N) is 2. The van der Waals surface area contributed by atoms with Crippen LogP contribution >= 0.6 is 0 Å². The summed E-state index contributed by atoms with van der Waals surface area (Å²) in [6, 6.07) is 5.46. The van der Waals surface area contributed by atoms with Crippen LogP contribution in [0.2, 0.25) is 0 Å². The van der Waals surface area contributed by atoms with Crippen LogP contribution in [0, 0.1) is 5.92 Å². The molecular weight excluding hydrogens is 425 g/mol. The average Bonchev–Trinajstić information content (AvgIpc) is 3.49. The van der Waals surface area contributed by atoms with Crippen molar-refractivity contribution in [1.29, 1.82) is 0 Å². The van der Waals surface area contributed by atoms with E-state index < -0.39 is 17.8 Å². The molecule has 2 fully saturated rings. The molecule has 4 rings (SSSR count). The van der Waals surface area contributed by atoms with Crippen LogP contribution < -0.4 is 10.1 Å². The zero-order valence-corrected chi connectivity index (χ0v) is 17.2. The molecule has 1 aromatic heterocycles. The number of halogens is 3. The van der Waals surface area contributed by atoms with E-state index in [2.05, 4.69) is 31.8 Å². The maximum Gasteiger partial charge on any atom is 0.573 e. The van der Waals surface area contributed by atoms with Crippen LogP contribution in [0.25, 0.3) is 0 Å². The van der Waals surface area contributed by atoms with Crippen LogP contribution in [0.3, 0.4) is 0 Å². The number of carbonyl (C=O) groups excluding carboxylic acids is 1. The predicted octanol–water partition coefficient (Wildman–Crippen LogP) is 4.41. The van der Waals surface area contributed by atoms with E-state index in [0.29, 0.717) is 36.7 Å². The van der Waals surface area contributed by atoms with E-state index in [9.17, 15) is 18.0 Å². The van der Waals surface area contributed by atoms with Crippen LogP contribution in [-0.4, -0.2) is 41.9 Å². The van der Waals surface area contributed by atoms with Crippen molar-refractivity contribution in [1.82, 2.24) is 15.5 Å². The predicted molar refractivity (Wildman–Crippen MR) is 111 cm³/mol. The first-order valence-electron chi connectivity index (χ1n) is 10.3. The van der Waals surface area contributed by atoms with E-state index >= 15 is 0 Å². The fourth-order valence-corrected chi connectivity index (χ4v) is 3.70. The Labute approximate surface area is 182 Å². The molecule has 1 atom stereocenters. The van der Waals surface area contributed by atoms with Gasteiger partial charge in [0.05, 0.1) is 18.3 Å². The van der Waals surface area contributed by atoms with E-state index in [-0.39, 0.29) is 17.9 Å². The topological polar surface area (TPSA) is 88.6 Å². The van der Waals surface area contributed by atoms with Gasteiger partial charge in [-0.1, -0.05) is 18.7 Å². The number of nitrogens with one attached hydrogen (secondary N) is 2. The molecule has 0 bridgehead atoms. The number of hydrogen-bond donors (Lipinski definition) is 2. The van der Waals surface area contributed by atoms with E-state index in [1.165, 1.54) is 30.5 Å². The van der Waals surface area contributed by atoms with Crippen LogP contribution in [0.1, 0.15) is 41.6 Å². The Bertz CT molecular complexity index is 1000. The van der Waals surface area contributed by atoms with E-state index in [4.69, 9.17) is 4.74 Å². The molecule has 2 aromatic rings. The molecule has 32 heavy (non-hydrogen) atoms. The Morgan fingerprint density at radius 2 is 2.09 bits per heavy atom. The van der Waals surface area contributed by atoms with Crippen molar-refractivity contribution >= 4 is 17.9 Å². The third kappa shape index (κ3) is 5.18. The second kappa shape index (κ2) is 8.78. The van der Waals surface area contributed by atoms with Gasteiger partial charge in [0.25, 0.3) is 5.91 Å². The maximum atomic E-state index is 13.1. The minimum absolute atomic E-state index is 0.188. The summed E-state index contributed by atoms with van der Waals surface area (Å²) in [5, 5.41) is 9.65. The van der Waals surface area contributed by atoms with E-state index in [1.807, 2.05) is 0 Å². The van der Waals surface area contributed by atoms with Gasteiger partial charge in [0.15, 0.2) is 5.82 Å². The van der Waals surface area contributed by atoms with Gasteiger partial charge >= 0.3 is 6.36 Å². The number of H-pyrrole nitrogens is 1. The van der Waals surface area contributed by atoms with Crippen molar-refractivity contribution in [3.8, 4) is 5.75 Å². The summed E-state index contributed by atoms with van der Waals surface area (Å²) in [6.07, 6.45) is 1.68. The zero-order valence-electron chi connectivity index (χ0n) is 17.2. The highest BCUT2D eigenvalue weighted by atomic mass is 19.4. The Kier molecular flexibility index (Phi) is 6.05. The standard InChI is InChI=1S/C22H23F3N4O3/c1-14(15-3-4-15)11-26-19-18(12-27-29-19)20(30)28-21(9-2-10-31-13-21)16-5-7-17(8-6-16)32-22(23,24)25/h5-8,11-12,15H,1-4,9-10,13H2,(H,27,29)(H,28,30). The van der Waals surface area contributed by atoms with Gasteiger partial charge in [-0.2, -0.15) is 5.10 Å². The third-order valence-electron chi connectivity index (χ3n) is 5.56. The lowest BCUT2D eigenvalue weighted by molar-refractivity contribution is -0.274. The van der Waals surface area contributed by atoms with Gasteiger partial charge in [0.1, 0.15) is 11.3 Å². The Hall–Kier alpha value is -3.14. The van der Waals surface area contributed by atoms with Crippen molar-refractivity contribution in [2.24, 2.45) is 10.9 Å². The normalized spacial score (nSPS) is 21.5. The van der Waals surface area contributed by atoms with Gasteiger partial charge in [-0.3, -0.25) is 9.89 Å². The maximum absolute atomic E-state index is 13.1. The van der Waals surface area contributed by atoms with E-state index in [0.717, 1.165) is 18.4 Å². The van der Waals surface area contributed by atoms with Crippen molar-refractivity contribution in [3.05, 3.63) is 53.7 Å². The third-order valence-corrected chi connectivity index (χ3v) is 5.56. The van der Waals surface area contributed by atoms with Crippen molar-refractivity contribution < 1.29 is 27.4 Å². The molecule has 2 N–H and O–H groups in total. The summed E-state index contributed by atoms with van der Waals surface area (Å²) in [5.74, 6) is 0.0156. The SMILES string of the molecule is C=C(C=Nc1[nH]ncc1C(=O)NC1(c2ccc(OC(F)(F)F)cc2)CCCOC1)C1CC1. The molecule has 1 amide bonds. The summed E-state index contributed by atoms with van der Waals surface area (Å²) in [4.78, 5) is 17.4. The second-order valence-corrected chi connectivity index (χ2v) is 8.00. The number of benzene rings is 1. The van der Waals surface area contributed by atoms with E-state index in [1.54, 1.807) is 6.21 Å². The first-order chi connectivity index (χ1) is 15.3. The van der Waals surface area contributed by atoms with Crippen molar-refractivity contribution in [2.45, 2.75) is 37.6 Å².